The maximum Gasteiger partial charge on any atom is 0.271 e. The van der Waals surface area contributed by atoms with E-state index in [2.05, 4.69) is 0 Å². The standard InChI is InChI=1S/C30H23ClN2O3S/c31-22-13-11-21(12-14-22)28-27-24(7-4-8-25(27)34)32-30-33(28)29(35)26(37-30)17-19-9-15-23(16-10-19)36-18-20-5-2-1-3-6-20/h1-3,5-6,9-17,28H,4,7-8,18H2. The maximum absolute atomic E-state index is 13.7. The third-order valence-corrected chi connectivity index (χ3v) is 7.87. The molecule has 0 bridgehead atoms. The van der Waals surface area contributed by atoms with Crippen LogP contribution in [-0.4, -0.2) is 10.4 Å². The highest BCUT2D eigenvalue weighted by atomic mass is 35.5. The summed E-state index contributed by atoms with van der Waals surface area (Å²) in [4.78, 5) is 32.1. The van der Waals surface area contributed by atoms with Crippen LogP contribution in [-0.2, 0) is 11.4 Å². The number of Topliss-reactive ketones (excluding diaryl/α,β-unsaturated/α-hetero) is 1. The van der Waals surface area contributed by atoms with Crippen LogP contribution in [0.15, 0.2) is 99.9 Å². The summed E-state index contributed by atoms with van der Waals surface area (Å²) in [5, 5.41) is 0.608. The van der Waals surface area contributed by atoms with E-state index in [4.69, 9.17) is 21.3 Å². The summed E-state index contributed by atoms with van der Waals surface area (Å²) in [6.07, 6.45) is 3.86. The number of hydrogen-bond acceptors (Lipinski definition) is 5. The fraction of sp³-hybridized carbons (Fsp3) is 0.167. The number of fused-ring (bicyclic) bond motifs is 1. The van der Waals surface area contributed by atoms with Crippen LogP contribution in [0.3, 0.4) is 0 Å². The van der Waals surface area contributed by atoms with Gasteiger partial charge in [0.25, 0.3) is 5.56 Å². The zero-order chi connectivity index (χ0) is 25.4. The van der Waals surface area contributed by atoms with Crippen molar-refractivity contribution in [2.45, 2.75) is 31.9 Å². The first kappa shape index (κ1) is 23.6. The Morgan fingerprint density at radius 2 is 1.73 bits per heavy atom. The van der Waals surface area contributed by atoms with Gasteiger partial charge >= 0.3 is 0 Å². The van der Waals surface area contributed by atoms with Gasteiger partial charge in [-0.25, -0.2) is 4.99 Å². The minimum absolute atomic E-state index is 0.0605. The summed E-state index contributed by atoms with van der Waals surface area (Å²) in [5.74, 6) is 0.821. The number of allylic oxidation sites excluding steroid dienone is 2. The van der Waals surface area contributed by atoms with Crippen molar-refractivity contribution in [3.63, 3.8) is 0 Å². The minimum atomic E-state index is -0.493. The van der Waals surface area contributed by atoms with Crippen molar-refractivity contribution in [3.05, 3.63) is 132 Å². The van der Waals surface area contributed by atoms with E-state index in [9.17, 15) is 9.59 Å². The molecule has 184 valence electrons. The zero-order valence-corrected chi connectivity index (χ0v) is 21.5. The largest absolute Gasteiger partial charge is 0.489 e. The van der Waals surface area contributed by atoms with Gasteiger partial charge in [-0.15, -0.1) is 0 Å². The first-order valence-corrected chi connectivity index (χ1v) is 13.4. The van der Waals surface area contributed by atoms with Gasteiger partial charge in [0.1, 0.15) is 12.4 Å². The van der Waals surface area contributed by atoms with Gasteiger partial charge in [0.05, 0.1) is 16.3 Å². The van der Waals surface area contributed by atoms with E-state index < -0.39 is 6.04 Å². The van der Waals surface area contributed by atoms with E-state index in [-0.39, 0.29) is 11.3 Å². The molecule has 2 heterocycles. The number of ketones is 1. The zero-order valence-electron chi connectivity index (χ0n) is 19.9. The molecule has 4 aromatic rings. The highest BCUT2D eigenvalue weighted by Crippen LogP contribution is 2.36. The third kappa shape index (κ3) is 4.70. The molecule has 0 N–H and O–H groups in total. The SMILES string of the molecule is O=C1CCCC2=C1C(c1ccc(Cl)cc1)n1c(sc(=Cc3ccc(OCc4ccccc4)cc3)c1=O)=N2. The second-order valence-corrected chi connectivity index (χ2v) is 10.6. The highest BCUT2D eigenvalue weighted by molar-refractivity contribution is 7.07. The lowest BCUT2D eigenvalue weighted by atomic mass is 9.86. The predicted molar refractivity (Wildman–Crippen MR) is 146 cm³/mol. The smallest absolute Gasteiger partial charge is 0.271 e. The van der Waals surface area contributed by atoms with Crippen molar-refractivity contribution >= 4 is 34.8 Å². The number of carbonyl (C=O) groups excluding carboxylic acids is 1. The molecule has 0 spiro atoms. The molecule has 1 aliphatic carbocycles. The van der Waals surface area contributed by atoms with Crippen molar-refractivity contribution in [2.75, 3.05) is 0 Å². The van der Waals surface area contributed by atoms with Gasteiger partial charge in [-0.05, 0) is 59.9 Å². The normalized spacial score (nSPS) is 17.3. The molecule has 0 saturated carbocycles. The van der Waals surface area contributed by atoms with Crippen LogP contribution in [0.2, 0.25) is 5.02 Å². The molecule has 1 unspecified atom stereocenters. The van der Waals surface area contributed by atoms with Crippen molar-refractivity contribution < 1.29 is 9.53 Å². The number of halogens is 1. The second kappa shape index (κ2) is 9.96. The Morgan fingerprint density at radius 3 is 2.49 bits per heavy atom. The Balaban J connectivity index is 1.36. The van der Waals surface area contributed by atoms with Crippen LogP contribution in [0.4, 0.5) is 0 Å². The molecule has 6 rings (SSSR count). The van der Waals surface area contributed by atoms with E-state index in [1.54, 1.807) is 16.7 Å². The van der Waals surface area contributed by atoms with Crippen molar-refractivity contribution in [1.29, 1.82) is 0 Å². The average molecular weight is 527 g/mol. The van der Waals surface area contributed by atoms with E-state index in [1.165, 1.54) is 11.3 Å². The number of hydrogen-bond donors (Lipinski definition) is 0. The topological polar surface area (TPSA) is 60.7 Å². The first-order chi connectivity index (χ1) is 18.1. The maximum atomic E-state index is 13.7. The summed E-state index contributed by atoms with van der Waals surface area (Å²) in [5.41, 5.74) is 4.12. The Labute approximate surface area is 222 Å². The fourth-order valence-electron chi connectivity index (χ4n) is 4.82. The van der Waals surface area contributed by atoms with E-state index in [0.29, 0.717) is 33.0 Å². The van der Waals surface area contributed by atoms with Crippen molar-refractivity contribution in [3.8, 4) is 5.75 Å². The number of carbonyl (C=O) groups is 1. The monoisotopic (exact) mass is 526 g/mol. The summed E-state index contributed by atoms with van der Waals surface area (Å²) in [6, 6.07) is 24.5. The molecular weight excluding hydrogens is 504 g/mol. The Morgan fingerprint density at radius 1 is 0.973 bits per heavy atom. The van der Waals surface area contributed by atoms with E-state index >= 15 is 0 Å². The quantitative estimate of drug-likeness (QED) is 0.359. The number of benzene rings is 3. The Kier molecular flexibility index (Phi) is 6.37. The molecule has 2 aliphatic rings. The van der Waals surface area contributed by atoms with Gasteiger partial charge in [-0.3, -0.25) is 14.2 Å². The highest BCUT2D eigenvalue weighted by Gasteiger charge is 2.34. The lowest BCUT2D eigenvalue weighted by molar-refractivity contribution is -0.116. The van der Waals surface area contributed by atoms with Gasteiger partial charge in [-0.2, -0.15) is 0 Å². The number of ether oxygens (including phenoxy) is 1. The molecule has 37 heavy (non-hydrogen) atoms. The number of aromatic nitrogens is 1. The van der Waals surface area contributed by atoms with Crippen molar-refractivity contribution in [1.82, 2.24) is 4.57 Å². The average Bonchev–Trinajstić information content (AvgIpc) is 3.23. The number of nitrogens with zero attached hydrogens (tertiary/aromatic N) is 2. The molecule has 1 atom stereocenters. The molecule has 0 amide bonds. The summed E-state index contributed by atoms with van der Waals surface area (Å²) in [6.45, 7) is 0.493. The molecule has 1 aromatic heterocycles. The summed E-state index contributed by atoms with van der Waals surface area (Å²) in [7, 11) is 0. The Hall–Kier alpha value is -3.74. The number of rotatable bonds is 5. The van der Waals surface area contributed by atoms with Crippen LogP contribution in [0, 0.1) is 0 Å². The van der Waals surface area contributed by atoms with E-state index in [1.807, 2.05) is 72.8 Å². The van der Waals surface area contributed by atoms with Gasteiger partial charge < -0.3 is 4.74 Å². The lowest BCUT2D eigenvalue weighted by Gasteiger charge is -2.28. The van der Waals surface area contributed by atoms with Crippen LogP contribution < -0.4 is 19.6 Å². The lowest BCUT2D eigenvalue weighted by Crippen LogP contribution is -2.40. The molecule has 1 aliphatic heterocycles. The third-order valence-electron chi connectivity index (χ3n) is 6.64. The molecule has 7 heteroatoms. The number of thiazole rings is 1. The molecule has 5 nitrogen and oxygen atoms in total. The van der Waals surface area contributed by atoms with Gasteiger partial charge in [0.2, 0.25) is 0 Å². The minimum Gasteiger partial charge on any atom is -0.489 e. The van der Waals surface area contributed by atoms with Crippen LogP contribution in [0.25, 0.3) is 6.08 Å². The van der Waals surface area contributed by atoms with Gasteiger partial charge in [-0.1, -0.05) is 77.5 Å². The van der Waals surface area contributed by atoms with Crippen LogP contribution in [0.5, 0.6) is 5.75 Å². The fourth-order valence-corrected chi connectivity index (χ4v) is 5.97. The van der Waals surface area contributed by atoms with Crippen LogP contribution in [0.1, 0.15) is 42.0 Å². The predicted octanol–water partition coefficient (Wildman–Crippen LogP) is 5.20. The van der Waals surface area contributed by atoms with Gasteiger partial charge in [0, 0.05) is 17.0 Å². The van der Waals surface area contributed by atoms with Gasteiger partial charge in [0.15, 0.2) is 10.6 Å². The summed E-state index contributed by atoms with van der Waals surface area (Å²) < 4.78 is 8.12. The second-order valence-electron chi connectivity index (χ2n) is 9.11. The van der Waals surface area contributed by atoms with Crippen molar-refractivity contribution in [2.24, 2.45) is 4.99 Å². The van der Waals surface area contributed by atoms with Crippen LogP contribution >= 0.6 is 22.9 Å². The molecule has 0 radical (unpaired) electrons. The van der Waals surface area contributed by atoms with E-state index in [0.717, 1.165) is 41.0 Å². The first-order valence-electron chi connectivity index (χ1n) is 12.2. The molecular formula is C30H23ClN2O3S. The Bertz CT molecular complexity index is 1680. The molecule has 3 aromatic carbocycles. The molecule has 0 saturated heterocycles. The summed E-state index contributed by atoms with van der Waals surface area (Å²) >= 11 is 7.48. The molecule has 0 fully saturated rings.